The van der Waals surface area contributed by atoms with Crippen LogP contribution in [-0.4, -0.2) is 43.7 Å². The number of ether oxygens (including phenoxy) is 1. The number of halogens is 1. The molecule has 3 rings (SSSR count). The zero-order chi connectivity index (χ0) is 23.1. The number of nitrogens with zero attached hydrogens (tertiary/aromatic N) is 2. The molecule has 0 spiro atoms. The molecule has 2 aromatic carbocycles. The van der Waals surface area contributed by atoms with Crippen molar-refractivity contribution in [3.05, 3.63) is 84.1 Å². The van der Waals surface area contributed by atoms with E-state index < -0.39 is 28.3 Å². The Morgan fingerprint density at radius 3 is 2.44 bits per heavy atom. The molecule has 3 aromatic rings. The van der Waals surface area contributed by atoms with Crippen LogP contribution in [0.5, 0.6) is 5.75 Å². The smallest absolute Gasteiger partial charge is 0.243 e. The maximum Gasteiger partial charge on any atom is 0.243 e. The van der Waals surface area contributed by atoms with E-state index >= 15 is 0 Å². The minimum absolute atomic E-state index is 0.0353. The SMILES string of the molecule is CCOc1ccc(S(=O)(=O)N(CC(=O)N(C)Cc2cccc(F)c2)Cc2ccco2)cc1. The number of amides is 1. The summed E-state index contributed by atoms with van der Waals surface area (Å²) in [5.74, 6) is 0.117. The van der Waals surface area contributed by atoms with Gasteiger partial charge in [-0.25, -0.2) is 12.8 Å². The van der Waals surface area contributed by atoms with Crippen LogP contribution in [0, 0.1) is 5.82 Å². The summed E-state index contributed by atoms with van der Waals surface area (Å²) < 4.78 is 51.8. The van der Waals surface area contributed by atoms with Gasteiger partial charge < -0.3 is 14.1 Å². The molecule has 0 saturated carbocycles. The summed E-state index contributed by atoms with van der Waals surface area (Å²) in [5.41, 5.74) is 0.604. The Hall–Kier alpha value is -3.17. The Balaban J connectivity index is 1.80. The van der Waals surface area contributed by atoms with Gasteiger partial charge in [-0.05, 0) is 61.0 Å². The molecule has 0 aliphatic carbocycles. The van der Waals surface area contributed by atoms with E-state index in [2.05, 4.69) is 0 Å². The van der Waals surface area contributed by atoms with Gasteiger partial charge in [0, 0.05) is 13.6 Å². The fraction of sp³-hybridized carbons (Fsp3) is 0.261. The second kappa shape index (κ2) is 10.4. The summed E-state index contributed by atoms with van der Waals surface area (Å²) in [7, 11) is -2.46. The van der Waals surface area contributed by atoms with Crippen molar-refractivity contribution in [1.29, 1.82) is 0 Å². The first kappa shape index (κ1) is 23.5. The van der Waals surface area contributed by atoms with E-state index in [9.17, 15) is 17.6 Å². The van der Waals surface area contributed by atoms with Crippen molar-refractivity contribution in [3.8, 4) is 5.75 Å². The van der Waals surface area contributed by atoms with Gasteiger partial charge in [0.25, 0.3) is 0 Å². The van der Waals surface area contributed by atoms with Crippen molar-refractivity contribution in [2.24, 2.45) is 0 Å². The van der Waals surface area contributed by atoms with Crippen LogP contribution < -0.4 is 4.74 Å². The third-order valence-corrected chi connectivity index (χ3v) is 6.54. The lowest BCUT2D eigenvalue weighted by molar-refractivity contribution is -0.130. The number of likely N-dealkylation sites (N-methyl/N-ethyl adjacent to an activating group) is 1. The predicted octanol–water partition coefficient (Wildman–Crippen LogP) is 3.67. The van der Waals surface area contributed by atoms with Crippen LogP contribution in [0.2, 0.25) is 0 Å². The predicted molar refractivity (Wildman–Crippen MR) is 117 cm³/mol. The van der Waals surface area contributed by atoms with Crippen molar-refractivity contribution >= 4 is 15.9 Å². The molecule has 0 bridgehead atoms. The van der Waals surface area contributed by atoms with Crippen molar-refractivity contribution in [1.82, 2.24) is 9.21 Å². The van der Waals surface area contributed by atoms with E-state index in [1.165, 1.54) is 35.4 Å². The molecule has 0 aliphatic rings. The molecule has 0 saturated heterocycles. The summed E-state index contributed by atoms with van der Waals surface area (Å²) in [6.07, 6.45) is 1.44. The Bertz CT molecular complexity index is 1130. The largest absolute Gasteiger partial charge is 0.494 e. The van der Waals surface area contributed by atoms with Gasteiger partial charge in [-0.1, -0.05) is 12.1 Å². The minimum Gasteiger partial charge on any atom is -0.494 e. The van der Waals surface area contributed by atoms with Gasteiger partial charge in [0.05, 0.1) is 30.9 Å². The average Bonchev–Trinajstić information content (AvgIpc) is 3.27. The van der Waals surface area contributed by atoms with E-state index in [-0.39, 0.29) is 18.0 Å². The minimum atomic E-state index is -4.01. The van der Waals surface area contributed by atoms with E-state index in [0.29, 0.717) is 23.7 Å². The highest BCUT2D eigenvalue weighted by Gasteiger charge is 2.29. The molecular weight excluding hydrogens is 435 g/mol. The molecule has 9 heteroatoms. The molecular formula is C23H25FN2O5S. The highest BCUT2D eigenvalue weighted by atomic mass is 32.2. The standard InChI is InChI=1S/C23H25FN2O5S/c1-3-30-20-9-11-22(12-10-20)32(28,29)26(16-21-8-5-13-31-21)17-23(27)25(2)15-18-6-4-7-19(24)14-18/h4-14H,3,15-17H2,1-2H3. The number of benzene rings is 2. The highest BCUT2D eigenvalue weighted by Crippen LogP contribution is 2.22. The first-order valence-electron chi connectivity index (χ1n) is 10.0. The summed E-state index contributed by atoms with van der Waals surface area (Å²) in [4.78, 5) is 14.3. The molecule has 1 amide bonds. The van der Waals surface area contributed by atoms with Crippen molar-refractivity contribution in [2.75, 3.05) is 20.2 Å². The first-order valence-corrected chi connectivity index (χ1v) is 11.5. The van der Waals surface area contributed by atoms with Gasteiger partial charge in [0.15, 0.2) is 0 Å². The molecule has 0 N–H and O–H groups in total. The zero-order valence-corrected chi connectivity index (χ0v) is 18.7. The topological polar surface area (TPSA) is 80.1 Å². The lowest BCUT2D eigenvalue weighted by Gasteiger charge is -2.24. The Morgan fingerprint density at radius 1 is 1.06 bits per heavy atom. The summed E-state index contributed by atoms with van der Waals surface area (Å²) in [6.45, 7) is 1.93. The average molecular weight is 461 g/mol. The van der Waals surface area contributed by atoms with Gasteiger partial charge in [0.1, 0.15) is 17.3 Å². The number of hydrogen-bond acceptors (Lipinski definition) is 5. The summed E-state index contributed by atoms with van der Waals surface area (Å²) in [6, 6.07) is 15.2. The molecule has 7 nitrogen and oxygen atoms in total. The second-order valence-electron chi connectivity index (χ2n) is 7.14. The number of furan rings is 1. The van der Waals surface area contributed by atoms with Crippen molar-refractivity contribution in [2.45, 2.75) is 24.9 Å². The molecule has 0 unspecified atom stereocenters. The Labute approximate surface area is 187 Å². The number of hydrogen-bond donors (Lipinski definition) is 0. The van der Waals surface area contributed by atoms with Crippen LogP contribution in [0.4, 0.5) is 4.39 Å². The molecule has 0 fully saturated rings. The summed E-state index contributed by atoms with van der Waals surface area (Å²) >= 11 is 0. The molecule has 170 valence electrons. The lowest BCUT2D eigenvalue weighted by Crippen LogP contribution is -2.40. The van der Waals surface area contributed by atoms with Crippen LogP contribution in [0.25, 0.3) is 0 Å². The second-order valence-corrected chi connectivity index (χ2v) is 9.07. The van der Waals surface area contributed by atoms with Gasteiger partial charge in [-0.2, -0.15) is 4.31 Å². The van der Waals surface area contributed by atoms with Crippen LogP contribution in [-0.2, 0) is 27.9 Å². The number of carbonyl (C=O) groups excluding carboxylic acids is 1. The van der Waals surface area contributed by atoms with Gasteiger partial charge in [0.2, 0.25) is 15.9 Å². The normalized spacial score (nSPS) is 11.5. The van der Waals surface area contributed by atoms with E-state index in [1.807, 2.05) is 6.92 Å². The molecule has 1 heterocycles. The number of sulfonamides is 1. The van der Waals surface area contributed by atoms with Crippen molar-refractivity contribution < 1.29 is 26.8 Å². The maximum absolute atomic E-state index is 13.5. The van der Waals surface area contributed by atoms with E-state index in [4.69, 9.17) is 9.15 Å². The highest BCUT2D eigenvalue weighted by molar-refractivity contribution is 7.89. The molecule has 0 atom stereocenters. The molecule has 1 aromatic heterocycles. The van der Waals surface area contributed by atoms with E-state index in [1.54, 1.807) is 43.4 Å². The van der Waals surface area contributed by atoms with Gasteiger partial charge >= 0.3 is 0 Å². The van der Waals surface area contributed by atoms with Gasteiger partial charge in [-0.3, -0.25) is 4.79 Å². The summed E-state index contributed by atoms with van der Waals surface area (Å²) in [5, 5.41) is 0. The molecule has 0 aliphatic heterocycles. The lowest BCUT2D eigenvalue weighted by atomic mass is 10.2. The quantitative estimate of drug-likeness (QED) is 0.461. The van der Waals surface area contributed by atoms with Crippen LogP contribution in [0.3, 0.4) is 0 Å². The van der Waals surface area contributed by atoms with Crippen LogP contribution >= 0.6 is 0 Å². The van der Waals surface area contributed by atoms with E-state index in [0.717, 1.165) is 4.31 Å². The molecule has 32 heavy (non-hydrogen) atoms. The fourth-order valence-corrected chi connectivity index (χ4v) is 4.45. The zero-order valence-electron chi connectivity index (χ0n) is 17.9. The Kier molecular flexibility index (Phi) is 7.66. The maximum atomic E-state index is 13.5. The Morgan fingerprint density at radius 2 is 1.81 bits per heavy atom. The number of carbonyl (C=O) groups is 1. The third-order valence-electron chi connectivity index (χ3n) is 4.73. The molecule has 0 radical (unpaired) electrons. The first-order chi connectivity index (χ1) is 15.3. The van der Waals surface area contributed by atoms with Gasteiger partial charge in [-0.15, -0.1) is 0 Å². The van der Waals surface area contributed by atoms with Crippen LogP contribution in [0.15, 0.2) is 76.2 Å². The number of rotatable bonds is 10. The monoisotopic (exact) mass is 460 g/mol. The van der Waals surface area contributed by atoms with Crippen molar-refractivity contribution in [3.63, 3.8) is 0 Å². The van der Waals surface area contributed by atoms with Crippen LogP contribution in [0.1, 0.15) is 18.2 Å². The third kappa shape index (κ3) is 5.95. The fourth-order valence-electron chi connectivity index (χ4n) is 3.09.